The van der Waals surface area contributed by atoms with Crippen LogP contribution in [-0.4, -0.2) is 19.0 Å². The standard InChI is InChI=1S/C16H14BrClN2O3/c1-19-16(22)20-15(21)14(10-5-3-2-4-6-10)23-13-8-7-11(18)9-12(13)17/h2-9,14H,1H3,(H2,19,20,21,22)/t14-/m0/s1. The van der Waals surface area contributed by atoms with Crippen molar-refractivity contribution in [3.63, 3.8) is 0 Å². The average Bonchev–Trinajstić information content (AvgIpc) is 2.54. The molecule has 0 heterocycles. The normalized spacial score (nSPS) is 11.4. The van der Waals surface area contributed by atoms with Crippen LogP contribution in [0.15, 0.2) is 53.0 Å². The van der Waals surface area contributed by atoms with Crippen molar-refractivity contribution in [2.24, 2.45) is 0 Å². The molecule has 2 N–H and O–H groups in total. The summed E-state index contributed by atoms with van der Waals surface area (Å²) in [5.41, 5.74) is 0.621. The minimum Gasteiger partial charge on any atom is -0.475 e. The number of hydrogen-bond acceptors (Lipinski definition) is 3. The van der Waals surface area contributed by atoms with Crippen LogP contribution < -0.4 is 15.4 Å². The van der Waals surface area contributed by atoms with Crippen molar-refractivity contribution in [3.8, 4) is 5.75 Å². The van der Waals surface area contributed by atoms with Gasteiger partial charge >= 0.3 is 6.03 Å². The Kier molecular flexibility index (Phi) is 6.01. The van der Waals surface area contributed by atoms with Crippen LogP contribution >= 0.6 is 27.5 Å². The summed E-state index contributed by atoms with van der Waals surface area (Å²) in [6, 6.07) is 13.3. The van der Waals surface area contributed by atoms with Gasteiger partial charge in [-0.1, -0.05) is 41.9 Å². The van der Waals surface area contributed by atoms with Crippen LogP contribution in [0.2, 0.25) is 5.02 Å². The fraction of sp³-hybridized carbons (Fsp3) is 0.125. The Morgan fingerprint density at radius 3 is 2.48 bits per heavy atom. The minimum atomic E-state index is -0.981. The molecule has 0 saturated heterocycles. The van der Waals surface area contributed by atoms with Crippen LogP contribution in [0.3, 0.4) is 0 Å². The maximum Gasteiger partial charge on any atom is 0.321 e. The molecule has 0 radical (unpaired) electrons. The zero-order valence-corrected chi connectivity index (χ0v) is 14.5. The molecule has 0 spiro atoms. The third kappa shape index (κ3) is 4.71. The van der Waals surface area contributed by atoms with Crippen molar-refractivity contribution in [1.82, 2.24) is 10.6 Å². The maximum atomic E-state index is 12.4. The maximum absolute atomic E-state index is 12.4. The number of carbonyl (C=O) groups is 2. The van der Waals surface area contributed by atoms with Crippen molar-refractivity contribution in [3.05, 3.63) is 63.6 Å². The molecule has 0 aliphatic heterocycles. The fourth-order valence-electron chi connectivity index (χ4n) is 1.84. The summed E-state index contributed by atoms with van der Waals surface area (Å²) >= 11 is 9.24. The first kappa shape index (κ1) is 17.3. The molecule has 0 unspecified atom stereocenters. The van der Waals surface area contributed by atoms with Crippen LogP contribution in [0.4, 0.5) is 4.79 Å². The molecule has 1 atom stereocenters. The lowest BCUT2D eigenvalue weighted by molar-refractivity contribution is -0.127. The molecule has 0 aliphatic carbocycles. The molecule has 2 rings (SSSR count). The Morgan fingerprint density at radius 2 is 1.87 bits per heavy atom. The molecule has 3 amide bonds. The molecule has 0 saturated carbocycles. The molecule has 0 fully saturated rings. The topological polar surface area (TPSA) is 67.4 Å². The number of urea groups is 1. The second-order valence-corrected chi connectivity index (χ2v) is 5.84. The molecule has 0 bridgehead atoms. The van der Waals surface area contributed by atoms with Gasteiger partial charge in [-0.15, -0.1) is 0 Å². The average molecular weight is 398 g/mol. The molecule has 0 aliphatic rings. The third-order valence-electron chi connectivity index (χ3n) is 2.94. The van der Waals surface area contributed by atoms with Gasteiger partial charge in [0.2, 0.25) is 6.10 Å². The lowest BCUT2D eigenvalue weighted by Crippen LogP contribution is -2.41. The second-order valence-electron chi connectivity index (χ2n) is 4.55. The predicted molar refractivity (Wildman–Crippen MR) is 91.6 cm³/mol. The monoisotopic (exact) mass is 396 g/mol. The summed E-state index contributed by atoms with van der Waals surface area (Å²) in [4.78, 5) is 23.8. The number of halogens is 2. The van der Waals surface area contributed by atoms with Crippen molar-refractivity contribution in [2.75, 3.05) is 7.05 Å². The van der Waals surface area contributed by atoms with Crippen molar-refractivity contribution in [1.29, 1.82) is 0 Å². The van der Waals surface area contributed by atoms with Gasteiger partial charge in [0.25, 0.3) is 5.91 Å². The van der Waals surface area contributed by atoms with Crippen LogP contribution in [0.1, 0.15) is 11.7 Å². The quantitative estimate of drug-likeness (QED) is 0.827. The van der Waals surface area contributed by atoms with E-state index in [4.69, 9.17) is 16.3 Å². The van der Waals surface area contributed by atoms with E-state index < -0.39 is 18.0 Å². The molecular formula is C16H14BrClN2O3. The SMILES string of the molecule is CNC(=O)NC(=O)[C@@H](Oc1ccc(Cl)cc1Br)c1ccccc1. The van der Waals surface area contributed by atoms with Crippen LogP contribution in [0, 0.1) is 0 Å². The molecule has 2 aromatic carbocycles. The van der Waals surface area contributed by atoms with Crippen LogP contribution in [0.25, 0.3) is 0 Å². The molecule has 5 nitrogen and oxygen atoms in total. The first-order chi connectivity index (χ1) is 11.0. The zero-order chi connectivity index (χ0) is 16.8. The van der Waals surface area contributed by atoms with Gasteiger partial charge in [0.15, 0.2) is 0 Å². The van der Waals surface area contributed by atoms with Gasteiger partial charge in [-0.3, -0.25) is 10.1 Å². The van der Waals surface area contributed by atoms with E-state index in [1.807, 2.05) is 6.07 Å². The van der Waals surface area contributed by atoms with Gasteiger partial charge in [-0.05, 0) is 34.1 Å². The first-order valence-electron chi connectivity index (χ1n) is 6.70. The molecule has 2 aromatic rings. The highest BCUT2D eigenvalue weighted by atomic mass is 79.9. The van der Waals surface area contributed by atoms with Crippen LogP contribution in [0.5, 0.6) is 5.75 Å². The number of carbonyl (C=O) groups excluding carboxylic acids is 2. The van der Waals surface area contributed by atoms with Gasteiger partial charge in [-0.2, -0.15) is 0 Å². The van der Waals surface area contributed by atoms with E-state index >= 15 is 0 Å². The molecule has 120 valence electrons. The Labute approximate surface area is 147 Å². The highest BCUT2D eigenvalue weighted by molar-refractivity contribution is 9.10. The second kappa shape index (κ2) is 7.99. The van der Waals surface area contributed by atoms with Gasteiger partial charge in [0.1, 0.15) is 5.75 Å². The fourth-order valence-corrected chi connectivity index (χ4v) is 2.61. The van der Waals surface area contributed by atoms with E-state index in [0.717, 1.165) is 0 Å². The predicted octanol–water partition coefficient (Wildman–Crippen LogP) is 3.68. The van der Waals surface area contributed by atoms with E-state index in [1.54, 1.807) is 42.5 Å². The smallest absolute Gasteiger partial charge is 0.321 e. The first-order valence-corrected chi connectivity index (χ1v) is 7.87. The number of imide groups is 1. The van der Waals surface area contributed by atoms with E-state index in [0.29, 0.717) is 20.8 Å². The molecule has 7 heteroatoms. The largest absolute Gasteiger partial charge is 0.475 e. The summed E-state index contributed by atoms with van der Waals surface area (Å²) in [7, 11) is 1.43. The number of rotatable bonds is 4. The molecule has 0 aromatic heterocycles. The number of ether oxygens (including phenoxy) is 1. The lowest BCUT2D eigenvalue weighted by atomic mass is 10.1. The highest BCUT2D eigenvalue weighted by Crippen LogP contribution is 2.31. The Morgan fingerprint density at radius 1 is 1.17 bits per heavy atom. The van der Waals surface area contributed by atoms with Crippen molar-refractivity contribution < 1.29 is 14.3 Å². The van der Waals surface area contributed by atoms with E-state index in [-0.39, 0.29) is 0 Å². The van der Waals surface area contributed by atoms with Crippen LogP contribution in [-0.2, 0) is 4.79 Å². The Hall–Kier alpha value is -2.05. The van der Waals surface area contributed by atoms with Gasteiger partial charge in [0.05, 0.1) is 4.47 Å². The summed E-state index contributed by atoms with van der Waals surface area (Å²) in [6.45, 7) is 0. The third-order valence-corrected chi connectivity index (χ3v) is 3.80. The minimum absolute atomic E-state index is 0.440. The van der Waals surface area contributed by atoms with E-state index in [9.17, 15) is 9.59 Å². The molecule has 23 heavy (non-hydrogen) atoms. The number of hydrogen-bond donors (Lipinski definition) is 2. The molecular weight excluding hydrogens is 384 g/mol. The highest BCUT2D eigenvalue weighted by Gasteiger charge is 2.25. The number of nitrogens with one attached hydrogen (secondary N) is 2. The van der Waals surface area contributed by atoms with E-state index in [2.05, 4.69) is 26.6 Å². The van der Waals surface area contributed by atoms with Gasteiger partial charge in [0, 0.05) is 17.6 Å². The zero-order valence-electron chi connectivity index (χ0n) is 12.2. The number of benzene rings is 2. The Balaban J connectivity index is 2.30. The van der Waals surface area contributed by atoms with Gasteiger partial charge in [-0.25, -0.2) is 4.79 Å². The van der Waals surface area contributed by atoms with Crippen molar-refractivity contribution in [2.45, 2.75) is 6.10 Å². The summed E-state index contributed by atoms with van der Waals surface area (Å²) in [5, 5.41) is 5.09. The summed E-state index contributed by atoms with van der Waals surface area (Å²) in [6.07, 6.45) is -0.981. The van der Waals surface area contributed by atoms with Crippen molar-refractivity contribution >= 4 is 39.5 Å². The number of amides is 3. The van der Waals surface area contributed by atoms with Gasteiger partial charge < -0.3 is 10.1 Å². The Bertz CT molecular complexity index is 710. The summed E-state index contributed by atoms with van der Waals surface area (Å²) in [5.74, 6) is -0.132. The van der Waals surface area contributed by atoms with E-state index in [1.165, 1.54) is 7.05 Å². The lowest BCUT2D eigenvalue weighted by Gasteiger charge is -2.19. The summed E-state index contributed by atoms with van der Waals surface area (Å²) < 4.78 is 6.41.